The van der Waals surface area contributed by atoms with E-state index in [1.165, 1.54) is 36.8 Å². The van der Waals surface area contributed by atoms with E-state index in [-0.39, 0.29) is 0 Å². The van der Waals surface area contributed by atoms with Crippen LogP contribution in [0.25, 0.3) is 11.0 Å². The number of halogens is 1. The highest BCUT2D eigenvalue weighted by Gasteiger charge is 2.12. The van der Waals surface area contributed by atoms with Crippen molar-refractivity contribution < 1.29 is 0 Å². The number of benzene rings is 1. The van der Waals surface area contributed by atoms with Gasteiger partial charge in [-0.2, -0.15) is 0 Å². The highest BCUT2D eigenvalue weighted by Crippen LogP contribution is 2.26. The molecule has 1 aliphatic rings. The molecule has 0 aliphatic heterocycles. The molecule has 0 radical (unpaired) electrons. The molecule has 3 heteroatoms. The van der Waals surface area contributed by atoms with Crippen molar-refractivity contribution >= 4 is 22.6 Å². The maximum Gasteiger partial charge on any atom is 0.150 e. The second kappa shape index (κ2) is 3.70. The Hall–Kier alpha value is -1.15. The lowest BCUT2D eigenvalue weighted by atomic mass is 9.91. The van der Waals surface area contributed by atoms with Crippen LogP contribution in [0.1, 0.15) is 29.7 Å². The standard InChI is InChI=1S/C13H13ClN2/c1-8-13(14)16-12-7-10-5-3-2-4-9(10)6-11(12)15-8/h6-7H,2-5H2,1H3. The largest absolute Gasteiger partial charge is 0.248 e. The lowest BCUT2D eigenvalue weighted by molar-refractivity contribution is 0.686. The van der Waals surface area contributed by atoms with E-state index in [9.17, 15) is 0 Å². The molecule has 0 bridgehead atoms. The van der Waals surface area contributed by atoms with E-state index in [4.69, 9.17) is 11.6 Å². The van der Waals surface area contributed by atoms with Crippen LogP contribution in [0.3, 0.4) is 0 Å². The predicted octanol–water partition coefficient (Wildman–Crippen LogP) is 3.47. The van der Waals surface area contributed by atoms with Gasteiger partial charge in [0.15, 0.2) is 5.15 Å². The smallest absolute Gasteiger partial charge is 0.150 e. The van der Waals surface area contributed by atoms with Crippen LogP contribution in [-0.4, -0.2) is 9.97 Å². The third-order valence-electron chi connectivity index (χ3n) is 3.24. The van der Waals surface area contributed by atoms with Gasteiger partial charge in [0, 0.05) is 0 Å². The van der Waals surface area contributed by atoms with E-state index in [1.807, 2.05) is 6.92 Å². The van der Waals surface area contributed by atoms with Gasteiger partial charge >= 0.3 is 0 Å². The first-order valence-corrected chi connectivity index (χ1v) is 6.07. The first-order valence-electron chi connectivity index (χ1n) is 5.70. The average Bonchev–Trinajstić information content (AvgIpc) is 2.28. The van der Waals surface area contributed by atoms with Gasteiger partial charge in [0.2, 0.25) is 0 Å². The average molecular weight is 233 g/mol. The lowest BCUT2D eigenvalue weighted by Gasteiger charge is -2.16. The van der Waals surface area contributed by atoms with E-state index in [1.54, 1.807) is 0 Å². The van der Waals surface area contributed by atoms with Crippen molar-refractivity contribution in [1.29, 1.82) is 0 Å². The molecule has 1 aromatic heterocycles. The number of aryl methyl sites for hydroxylation is 3. The van der Waals surface area contributed by atoms with Crippen LogP contribution < -0.4 is 0 Å². The summed E-state index contributed by atoms with van der Waals surface area (Å²) in [5.41, 5.74) is 5.58. The zero-order valence-electron chi connectivity index (χ0n) is 9.26. The molecular formula is C13H13ClN2. The molecule has 16 heavy (non-hydrogen) atoms. The summed E-state index contributed by atoms with van der Waals surface area (Å²) in [6.45, 7) is 1.90. The molecule has 1 heterocycles. The van der Waals surface area contributed by atoms with Gasteiger partial charge in [-0.25, -0.2) is 9.97 Å². The van der Waals surface area contributed by atoms with Gasteiger partial charge in [0.1, 0.15) is 0 Å². The van der Waals surface area contributed by atoms with Gasteiger partial charge in [-0.05, 0) is 55.9 Å². The quantitative estimate of drug-likeness (QED) is 0.695. The Balaban J connectivity index is 2.27. The molecule has 2 nitrogen and oxygen atoms in total. The van der Waals surface area contributed by atoms with Gasteiger partial charge in [-0.1, -0.05) is 11.6 Å². The molecule has 0 N–H and O–H groups in total. The zero-order chi connectivity index (χ0) is 11.1. The first-order chi connectivity index (χ1) is 7.74. The third kappa shape index (κ3) is 1.57. The van der Waals surface area contributed by atoms with Crippen molar-refractivity contribution in [2.24, 2.45) is 0 Å². The van der Waals surface area contributed by atoms with Gasteiger partial charge in [0.25, 0.3) is 0 Å². The minimum absolute atomic E-state index is 0.517. The fraction of sp³-hybridized carbons (Fsp3) is 0.385. The van der Waals surface area contributed by atoms with Crippen LogP contribution in [0.15, 0.2) is 12.1 Å². The molecule has 3 rings (SSSR count). The minimum atomic E-state index is 0.517. The number of hydrogen-bond acceptors (Lipinski definition) is 2. The predicted molar refractivity (Wildman–Crippen MR) is 65.9 cm³/mol. The molecule has 0 unspecified atom stereocenters. The Bertz CT molecular complexity index is 513. The summed E-state index contributed by atoms with van der Waals surface area (Å²) < 4.78 is 0. The second-order valence-electron chi connectivity index (χ2n) is 4.42. The van der Waals surface area contributed by atoms with Crippen molar-refractivity contribution in [1.82, 2.24) is 9.97 Å². The van der Waals surface area contributed by atoms with Crippen LogP contribution in [-0.2, 0) is 12.8 Å². The van der Waals surface area contributed by atoms with E-state index in [2.05, 4.69) is 22.1 Å². The molecule has 0 atom stereocenters. The van der Waals surface area contributed by atoms with Crippen molar-refractivity contribution in [3.05, 3.63) is 34.1 Å². The Morgan fingerprint density at radius 2 is 1.56 bits per heavy atom. The van der Waals surface area contributed by atoms with E-state index in [0.717, 1.165) is 16.7 Å². The summed E-state index contributed by atoms with van der Waals surface area (Å²) in [6.07, 6.45) is 4.91. The Morgan fingerprint density at radius 3 is 2.19 bits per heavy atom. The minimum Gasteiger partial charge on any atom is -0.248 e. The fourth-order valence-corrected chi connectivity index (χ4v) is 2.49. The molecule has 1 aromatic carbocycles. The van der Waals surface area contributed by atoms with Gasteiger partial charge in [-0.15, -0.1) is 0 Å². The summed E-state index contributed by atoms with van der Waals surface area (Å²) in [4.78, 5) is 8.88. The van der Waals surface area contributed by atoms with Crippen molar-refractivity contribution in [2.75, 3.05) is 0 Å². The molecule has 2 aromatic rings. The second-order valence-corrected chi connectivity index (χ2v) is 4.77. The van der Waals surface area contributed by atoms with Crippen LogP contribution in [0, 0.1) is 6.92 Å². The van der Waals surface area contributed by atoms with Crippen LogP contribution in [0.4, 0.5) is 0 Å². The number of hydrogen-bond donors (Lipinski definition) is 0. The fourth-order valence-electron chi connectivity index (χ4n) is 2.35. The monoisotopic (exact) mass is 232 g/mol. The molecular weight excluding hydrogens is 220 g/mol. The number of fused-ring (bicyclic) bond motifs is 2. The van der Waals surface area contributed by atoms with Crippen LogP contribution in [0.2, 0.25) is 5.15 Å². The number of aromatic nitrogens is 2. The summed E-state index contributed by atoms with van der Waals surface area (Å²) in [5.74, 6) is 0. The molecule has 0 amide bonds. The Morgan fingerprint density at radius 1 is 1.00 bits per heavy atom. The summed E-state index contributed by atoms with van der Waals surface area (Å²) in [6, 6.07) is 4.34. The molecule has 1 aliphatic carbocycles. The summed E-state index contributed by atoms with van der Waals surface area (Å²) >= 11 is 6.00. The SMILES string of the molecule is Cc1nc2cc3c(cc2nc1Cl)CCCC3. The van der Waals surface area contributed by atoms with Crippen LogP contribution in [0.5, 0.6) is 0 Å². The van der Waals surface area contributed by atoms with Gasteiger partial charge in [-0.3, -0.25) is 0 Å². The maximum atomic E-state index is 6.00. The van der Waals surface area contributed by atoms with Crippen LogP contribution >= 0.6 is 11.6 Å². The number of nitrogens with zero attached hydrogens (tertiary/aromatic N) is 2. The highest BCUT2D eigenvalue weighted by molar-refractivity contribution is 6.30. The molecule has 82 valence electrons. The summed E-state index contributed by atoms with van der Waals surface area (Å²) in [5, 5.41) is 0.517. The number of rotatable bonds is 0. The van der Waals surface area contributed by atoms with E-state index in [0.29, 0.717) is 5.15 Å². The maximum absolute atomic E-state index is 6.00. The molecule has 0 fully saturated rings. The Kier molecular flexibility index (Phi) is 2.32. The zero-order valence-corrected chi connectivity index (χ0v) is 10.0. The summed E-state index contributed by atoms with van der Waals surface area (Å²) in [7, 11) is 0. The first kappa shape index (κ1) is 10.0. The normalized spacial score (nSPS) is 15.1. The molecule has 0 saturated heterocycles. The van der Waals surface area contributed by atoms with Gasteiger partial charge in [0.05, 0.1) is 16.7 Å². The van der Waals surface area contributed by atoms with Crippen molar-refractivity contribution in [3.63, 3.8) is 0 Å². The highest BCUT2D eigenvalue weighted by atomic mass is 35.5. The Labute approximate surface area is 99.7 Å². The molecule has 0 saturated carbocycles. The van der Waals surface area contributed by atoms with E-state index >= 15 is 0 Å². The topological polar surface area (TPSA) is 25.8 Å². The van der Waals surface area contributed by atoms with E-state index < -0.39 is 0 Å². The van der Waals surface area contributed by atoms with Crippen molar-refractivity contribution in [3.8, 4) is 0 Å². The van der Waals surface area contributed by atoms with Gasteiger partial charge < -0.3 is 0 Å². The van der Waals surface area contributed by atoms with Crippen molar-refractivity contribution in [2.45, 2.75) is 32.6 Å². The molecule has 0 spiro atoms. The third-order valence-corrected chi connectivity index (χ3v) is 3.60. The lowest BCUT2D eigenvalue weighted by Crippen LogP contribution is -2.03.